The zero-order valence-electron chi connectivity index (χ0n) is 11.2. The second kappa shape index (κ2) is 6.22. The summed E-state index contributed by atoms with van der Waals surface area (Å²) in [6.07, 6.45) is 3.90. The smallest absolute Gasteiger partial charge is 0.250 e. The minimum absolute atomic E-state index is 0.222. The zero-order chi connectivity index (χ0) is 15.0. The van der Waals surface area contributed by atoms with E-state index in [0.29, 0.717) is 15.4 Å². The molecule has 2 unspecified atom stereocenters. The maximum Gasteiger partial charge on any atom is 0.250 e. The molecule has 2 rings (SSSR count). The third-order valence-electron chi connectivity index (χ3n) is 4.04. The third kappa shape index (κ3) is 3.23. The standard InChI is InChI=1S/C12H18BrClN2O2S2/c1-8-4-2-3-5-12(8,7-15)16-20(17,18)10-6-9(14)11(13)19-10/h6,8,16H,2-5,7,15H2,1H3. The molecule has 1 saturated carbocycles. The van der Waals surface area contributed by atoms with Gasteiger partial charge < -0.3 is 5.73 Å². The number of hydrogen-bond donors (Lipinski definition) is 2. The molecule has 0 spiro atoms. The highest BCUT2D eigenvalue weighted by molar-refractivity contribution is 9.11. The van der Waals surface area contributed by atoms with Crippen LogP contribution in [0.5, 0.6) is 0 Å². The molecule has 0 amide bonds. The maximum atomic E-state index is 12.5. The summed E-state index contributed by atoms with van der Waals surface area (Å²) in [6.45, 7) is 2.37. The summed E-state index contributed by atoms with van der Waals surface area (Å²) >= 11 is 10.3. The van der Waals surface area contributed by atoms with Gasteiger partial charge in [0.05, 0.1) is 8.81 Å². The largest absolute Gasteiger partial charge is 0.329 e. The van der Waals surface area contributed by atoms with E-state index in [2.05, 4.69) is 27.6 Å². The van der Waals surface area contributed by atoms with E-state index in [0.717, 1.165) is 37.0 Å². The van der Waals surface area contributed by atoms with Crippen LogP contribution in [-0.4, -0.2) is 20.5 Å². The van der Waals surface area contributed by atoms with E-state index in [1.807, 2.05) is 0 Å². The minimum atomic E-state index is -3.59. The fourth-order valence-corrected chi connectivity index (χ4v) is 6.62. The van der Waals surface area contributed by atoms with Gasteiger partial charge >= 0.3 is 0 Å². The summed E-state index contributed by atoms with van der Waals surface area (Å²) < 4.78 is 28.8. The van der Waals surface area contributed by atoms with Crippen LogP contribution >= 0.6 is 38.9 Å². The zero-order valence-corrected chi connectivity index (χ0v) is 15.1. The highest BCUT2D eigenvalue weighted by Gasteiger charge is 2.41. The second-order valence-electron chi connectivity index (χ2n) is 5.30. The van der Waals surface area contributed by atoms with Crippen molar-refractivity contribution in [1.82, 2.24) is 4.72 Å². The Morgan fingerprint density at radius 3 is 2.80 bits per heavy atom. The van der Waals surface area contributed by atoms with Crippen molar-refractivity contribution < 1.29 is 8.42 Å². The number of rotatable bonds is 4. The van der Waals surface area contributed by atoms with Crippen LogP contribution in [0.25, 0.3) is 0 Å². The van der Waals surface area contributed by atoms with Crippen LogP contribution in [0.1, 0.15) is 32.6 Å². The van der Waals surface area contributed by atoms with Crippen LogP contribution in [0.15, 0.2) is 14.1 Å². The molecule has 1 heterocycles. The lowest BCUT2D eigenvalue weighted by Crippen LogP contribution is -2.58. The average molecular weight is 402 g/mol. The molecule has 8 heteroatoms. The monoisotopic (exact) mass is 400 g/mol. The third-order valence-corrected chi connectivity index (χ3v) is 8.54. The molecule has 1 aliphatic carbocycles. The van der Waals surface area contributed by atoms with Gasteiger partial charge in [0.2, 0.25) is 0 Å². The van der Waals surface area contributed by atoms with E-state index >= 15 is 0 Å². The van der Waals surface area contributed by atoms with Gasteiger partial charge in [-0.25, -0.2) is 13.1 Å². The summed E-state index contributed by atoms with van der Waals surface area (Å²) in [5.41, 5.74) is 5.35. The second-order valence-corrected chi connectivity index (χ2v) is 9.99. The van der Waals surface area contributed by atoms with Gasteiger partial charge in [0, 0.05) is 12.1 Å². The molecule has 20 heavy (non-hydrogen) atoms. The molecule has 1 aromatic heterocycles. The Balaban J connectivity index is 2.30. The fourth-order valence-electron chi connectivity index (χ4n) is 2.69. The van der Waals surface area contributed by atoms with Crippen molar-refractivity contribution in [3.63, 3.8) is 0 Å². The Bertz CT molecular complexity index is 571. The molecule has 3 N–H and O–H groups in total. The molecule has 1 fully saturated rings. The van der Waals surface area contributed by atoms with Crippen molar-refractivity contribution in [3.8, 4) is 0 Å². The Morgan fingerprint density at radius 1 is 1.60 bits per heavy atom. The first kappa shape index (κ1) is 16.7. The number of nitrogens with two attached hydrogens (primary N) is 1. The predicted octanol–water partition coefficient (Wildman–Crippen LogP) is 3.35. The van der Waals surface area contributed by atoms with Crippen molar-refractivity contribution in [2.45, 2.75) is 42.4 Å². The van der Waals surface area contributed by atoms with Gasteiger partial charge in [-0.1, -0.05) is 31.4 Å². The van der Waals surface area contributed by atoms with Crippen molar-refractivity contribution in [3.05, 3.63) is 14.9 Å². The topological polar surface area (TPSA) is 72.2 Å². The quantitative estimate of drug-likeness (QED) is 0.812. The SMILES string of the molecule is CC1CCCCC1(CN)NS(=O)(=O)c1cc(Cl)c(Br)s1. The van der Waals surface area contributed by atoms with E-state index < -0.39 is 15.6 Å². The molecule has 0 aromatic carbocycles. The van der Waals surface area contributed by atoms with Gasteiger partial charge in [0.1, 0.15) is 4.21 Å². The Hall–Kier alpha value is 0.340. The van der Waals surface area contributed by atoms with Gasteiger partial charge in [-0.15, -0.1) is 11.3 Å². The van der Waals surface area contributed by atoms with Crippen LogP contribution in [0.2, 0.25) is 5.02 Å². The van der Waals surface area contributed by atoms with Crippen molar-refractivity contribution in [1.29, 1.82) is 0 Å². The normalized spacial score (nSPS) is 27.7. The predicted molar refractivity (Wildman–Crippen MR) is 86.8 cm³/mol. The van der Waals surface area contributed by atoms with Crippen molar-refractivity contribution in [2.24, 2.45) is 11.7 Å². The van der Waals surface area contributed by atoms with Crippen molar-refractivity contribution >= 4 is 48.9 Å². The lowest BCUT2D eigenvalue weighted by Gasteiger charge is -2.42. The van der Waals surface area contributed by atoms with Crippen molar-refractivity contribution in [2.75, 3.05) is 6.54 Å². The van der Waals surface area contributed by atoms with E-state index in [4.69, 9.17) is 17.3 Å². The minimum Gasteiger partial charge on any atom is -0.329 e. The molecule has 2 atom stereocenters. The van der Waals surface area contributed by atoms with Crippen LogP contribution in [0.3, 0.4) is 0 Å². The first-order chi connectivity index (χ1) is 9.31. The lowest BCUT2D eigenvalue weighted by atomic mass is 9.74. The van der Waals surface area contributed by atoms with Gasteiger partial charge in [-0.3, -0.25) is 0 Å². The summed E-state index contributed by atoms with van der Waals surface area (Å²) in [6, 6.07) is 1.47. The van der Waals surface area contributed by atoms with E-state index in [1.165, 1.54) is 6.07 Å². The maximum absolute atomic E-state index is 12.5. The molecule has 0 saturated heterocycles. The Morgan fingerprint density at radius 2 is 2.30 bits per heavy atom. The first-order valence-corrected chi connectivity index (χ1v) is 9.97. The molecule has 114 valence electrons. The molecule has 0 aliphatic heterocycles. The average Bonchev–Trinajstić information content (AvgIpc) is 2.73. The fraction of sp³-hybridized carbons (Fsp3) is 0.667. The van der Waals surface area contributed by atoms with Gasteiger partial charge in [-0.2, -0.15) is 0 Å². The molecular weight excluding hydrogens is 384 g/mol. The Labute approximate surface area is 137 Å². The molecular formula is C12H18BrClN2O2S2. The van der Waals surface area contributed by atoms with E-state index in [-0.39, 0.29) is 10.1 Å². The molecule has 0 radical (unpaired) electrons. The lowest BCUT2D eigenvalue weighted by molar-refractivity contribution is 0.191. The molecule has 4 nitrogen and oxygen atoms in total. The van der Waals surface area contributed by atoms with Gasteiger partial charge in [0.15, 0.2) is 0 Å². The number of nitrogens with one attached hydrogen (secondary N) is 1. The van der Waals surface area contributed by atoms with E-state index in [9.17, 15) is 8.42 Å². The highest BCUT2D eigenvalue weighted by Crippen LogP contribution is 2.38. The van der Waals surface area contributed by atoms with Crippen LogP contribution in [0, 0.1) is 5.92 Å². The summed E-state index contributed by atoms with van der Waals surface area (Å²) in [5, 5.41) is 0.411. The first-order valence-electron chi connectivity index (χ1n) is 6.49. The van der Waals surface area contributed by atoms with Crippen LogP contribution in [-0.2, 0) is 10.0 Å². The summed E-state index contributed by atoms with van der Waals surface area (Å²) in [4.78, 5) is 0. The number of halogens is 2. The van der Waals surface area contributed by atoms with Crippen LogP contribution < -0.4 is 10.5 Å². The van der Waals surface area contributed by atoms with Gasteiger partial charge in [0.25, 0.3) is 10.0 Å². The van der Waals surface area contributed by atoms with Crippen LogP contribution in [0.4, 0.5) is 0 Å². The summed E-state index contributed by atoms with van der Waals surface area (Å²) in [5.74, 6) is 0.231. The number of sulfonamides is 1. The molecule has 1 aliphatic rings. The van der Waals surface area contributed by atoms with Gasteiger partial charge in [-0.05, 0) is 40.8 Å². The molecule has 1 aromatic rings. The summed E-state index contributed by atoms with van der Waals surface area (Å²) in [7, 11) is -3.59. The molecule has 0 bridgehead atoms. The Kier molecular flexibility index (Phi) is 5.20. The van der Waals surface area contributed by atoms with E-state index in [1.54, 1.807) is 0 Å². The highest BCUT2D eigenvalue weighted by atomic mass is 79.9. The number of hydrogen-bond acceptors (Lipinski definition) is 4. The number of thiophene rings is 1.